The lowest BCUT2D eigenvalue weighted by molar-refractivity contribution is 0.199. The first-order chi connectivity index (χ1) is 10.2. The molecule has 112 valence electrons. The van der Waals surface area contributed by atoms with Gasteiger partial charge in [0, 0.05) is 48.7 Å². The predicted molar refractivity (Wildman–Crippen MR) is 79.8 cm³/mol. The fraction of sp³-hybridized carbons (Fsp3) is 0.286. The van der Waals surface area contributed by atoms with E-state index in [9.17, 15) is 4.39 Å². The van der Waals surface area contributed by atoms with Crippen LogP contribution in [0.1, 0.15) is 5.56 Å². The first-order valence-corrected chi connectivity index (χ1v) is 7.11. The Morgan fingerprint density at radius 3 is 2.67 bits per heavy atom. The van der Waals surface area contributed by atoms with Crippen molar-refractivity contribution < 1.29 is 13.9 Å². The highest BCUT2D eigenvalue weighted by Gasteiger charge is 2.04. The summed E-state index contributed by atoms with van der Waals surface area (Å²) in [5.74, 6) is -0.0498. The standard InChI is InChI=1S/C14H15BrFN3O2/c1-20-3-2-17-7-10-8-18-14(19-9-10)21-13-5-11(15)4-12(16)6-13/h4-6,8-9,17H,2-3,7H2,1H3. The zero-order valence-electron chi connectivity index (χ0n) is 11.5. The zero-order chi connectivity index (χ0) is 15.1. The zero-order valence-corrected chi connectivity index (χ0v) is 13.1. The van der Waals surface area contributed by atoms with Crippen LogP contribution >= 0.6 is 15.9 Å². The van der Waals surface area contributed by atoms with Crippen molar-refractivity contribution in [3.63, 3.8) is 0 Å². The summed E-state index contributed by atoms with van der Waals surface area (Å²) >= 11 is 3.20. The van der Waals surface area contributed by atoms with Gasteiger partial charge in [0.1, 0.15) is 11.6 Å². The SMILES string of the molecule is COCCNCc1cnc(Oc2cc(F)cc(Br)c2)nc1. The maximum Gasteiger partial charge on any atom is 0.321 e. The van der Waals surface area contributed by atoms with Crippen LogP contribution in [0.3, 0.4) is 0 Å². The van der Waals surface area contributed by atoms with Crippen molar-refractivity contribution in [2.45, 2.75) is 6.54 Å². The van der Waals surface area contributed by atoms with Crippen LogP contribution in [0.25, 0.3) is 0 Å². The molecule has 0 fully saturated rings. The lowest BCUT2D eigenvalue weighted by atomic mass is 10.3. The second-order valence-corrected chi connectivity index (χ2v) is 5.17. The first-order valence-electron chi connectivity index (χ1n) is 6.32. The molecule has 2 aromatic rings. The smallest absolute Gasteiger partial charge is 0.321 e. The highest BCUT2D eigenvalue weighted by atomic mass is 79.9. The largest absolute Gasteiger partial charge is 0.424 e. The molecule has 0 aliphatic carbocycles. The lowest BCUT2D eigenvalue weighted by Crippen LogP contribution is -2.18. The molecule has 0 bridgehead atoms. The average molecular weight is 356 g/mol. The summed E-state index contributed by atoms with van der Waals surface area (Å²) in [6, 6.07) is 4.44. The molecule has 1 N–H and O–H groups in total. The van der Waals surface area contributed by atoms with Crippen LogP contribution in [0, 0.1) is 5.82 Å². The van der Waals surface area contributed by atoms with E-state index in [4.69, 9.17) is 9.47 Å². The minimum Gasteiger partial charge on any atom is -0.424 e. The normalized spacial score (nSPS) is 10.6. The number of aromatic nitrogens is 2. The van der Waals surface area contributed by atoms with Crippen molar-refractivity contribution >= 4 is 15.9 Å². The van der Waals surface area contributed by atoms with E-state index in [0.717, 1.165) is 12.1 Å². The third kappa shape index (κ3) is 5.37. The molecule has 0 amide bonds. The van der Waals surface area contributed by atoms with Gasteiger partial charge in [-0.3, -0.25) is 0 Å². The van der Waals surface area contributed by atoms with E-state index in [0.29, 0.717) is 23.4 Å². The lowest BCUT2D eigenvalue weighted by Gasteiger charge is -2.06. The number of hydrogen-bond donors (Lipinski definition) is 1. The van der Waals surface area contributed by atoms with Crippen LogP contribution in [0.5, 0.6) is 11.8 Å². The van der Waals surface area contributed by atoms with Gasteiger partial charge in [-0.1, -0.05) is 15.9 Å². The summed E-state index contributed by atoms with van der Waals surface area (Å²) in [7, 11) is 1.65. The Balaban J connectivity index is 1.92. The van der Waals surface area contributed by atoms with Gasteiger partial charge in [-0.05, 0) is 12.1 Å². The Morgan fingerprint density at radius 1 is 1.24 bits per heavy atom. The van der Waals surface area contributed by atoms with Gasteiger partial charge in [0.05, 0.1) is 6.61 Å². The van der Waals surface area contributed by atoms with Gasteiger partial charge < -0.3 is 14.8 Å². The van der Waals surface area contributed by atoms with Gasteiger partial charge in [-0.15, -0.1) is 0 Å². The molecule has 1 aromatic carbocycles. The van der Waals surface area contributed by atoms with Crippen molar-refractivity contribution in [2.75, 3.05) is 20.3 Å². The highest BCUT2D eigenvalue weighted by molar-refractivity contribution is 9.10. The number of nitrogens with zero attached hydrogens (tertiary/aromatic N) is 2. The van der Waals surface area contributed by atoms with Crippen molar-refractivity contribution in [3.8, 4) is 11.8 Å². The molecule has 21 heavy (non-hydrogen) atoms. The maximum absolute atomic E-state index is 13.2. The fourth-order valence-electron chi connectivity index (χ4n) is 1.59. The summed E-state index contributed by atoms with van der Waals surface area (Å²) in [6.45, 7) is 2.05. The minimum atomic E-state index is -0.390. The van der Waals surface area contributed by atoms with Gasteiger partial charge in [0.15, 0.2) is 0 Å². The second kappa shape index (κ2) is 8.02. The quantitative estimate of drug-likeness (QED) is 0.774. The number of halogens is 2. The molecule has 0 radical (unpaired) electrons. The van der Waals surface area contributed by atoms with E-state index < -0.39 is 5.82 Å². The van der Waals surface area contributed by atoms with E-state index in [1.165, 1.54) is 12.1 Å². The Morgan fingerprint density at radius 2 is 2.00 bits per heavy atom. The van der Waals surface area contributed by atoms with E-state index in [-0.39, 0.29) is 6.01 Å². The summed E-state index contributed by atoms with van der Waals surface area (Å²) < 4.78 is 24.2. The van der Waals surface area contributed by atoms with E-state index >= 15 is 0 Å². The van der Waals surface area contributed by atoms with Crippen LogP contribution in [0.15, 0.2) is 35.1 Å². The molecular weight excluding hydrogens is 341 g/mol. The Kier molecular flexibility index (Phi) is 6.04. The molecule has 0 unspecified atom stereocenters. The monoisotopic (exact) mass is 355 g/mol. The van der Waals surface area contributed by atoms with Crippen molar-refractivity contribution in [2.24, 2.45) is 0 Å². The van der Waals surface area contributed by atoms with Gasteiger partial charge >= 0.3 is 6.01 Å². The summed E-state index contributed by atoms with van der Waals surface area (Å²) in [4.78, 5) is 8.18. The number of ether oxygens (including phenoxy) is 2. The van der Waals surface area contributed by atoms with Crippen molar-refractivity contribution in [1.29, 1.82) is 0 Å². The molecule has 2 rings (SSSR count). The molecule has 0 atom stereocenters. The summed E-state index contributed by atoms with van der Waals surface area (Å²) in [5, 5.41) is 3.19. The topological polar surface area (TPSA) is 56.3 Å². The van der Waals surface area contributed by atoms with Gasteiger partial charge in [-0.25, -0.2) is 14.4 Å². The molecule has 0 aliphatic heterocycles. The van der Waals surface area contributed by atoms with Crippen LogP contribution in [-0.2, 0) is 11.3 Å². The number of rotatable bonds is 7. The van der Waals surface area contributed by atoms with Crippen LogP contribution in [0.2, 0.25) is 0 Å². The average Bonchev–Trinajstić information content (AvgIpc) is 2.44. The second-order valence-electron chi connectivity index (χ2n) is 4.25. The molecule has 0 aliphatic rings. The number of methoxy groups -OCH3 is 1. The fourth-order valence-corrected chi connectivity index (χ4v) is 2.03. The van der Waals surface area contributed by atoms with Crippen LogP contribution in [0.4, 0.5) is 4.39 Å². The van der Waals surface area contributed by atoms with Gasteiger partial charge in [0.2, 0.25) is 0 Å². The molecule has 0 saturated heterocycles. The molecule has 1 aromatic heterocycles. The summed E-state index contributed by atoms with van der Waals surface area (Å²) in [5.41, 5.74) is 0.930. The van der Waals surface area contributed by atoms with Crippen molar-refractivity contribution in [1.82, 2.24) is 15.3 Å². The molecule has 0 spiro atoms. The number of hydrogen-bond acceptors (Lipinski definition) is 5. The Labute approximate surface area is 130 Å². The van der Waals surface area contributed by atoms with E-state index in [2.05, 4.69) is 31.2 Å². The summed E-state index contributed by atoms with van der Waals surface area (Å²) in [6.07, 6.45) is 3.33. The molecule has 5 nitrogen and oxygen atoms in total. The maximum atomic E-state index is 13.2. The van der Waals surface area contributed by atoms with Crippen LogP contribution in [-0.4, -0.2) is 30.2 Å². The third-order valence-corrected chi connectivity index (χ3v) is 3.00. The van der Waals surface area contributed by atoms with Crippen molar-refractivity contribution in [3.05, 3.63) is 46.4 Å². The third-order valence-electron chi connectivity index (χ3n) is 2.54. The molecule has 7 heteroatoms. The number of nitrogens with one attached hydrogen (secondary N) is 1. The van der Waals surface area contributed by atoms with Gasteiger partial charge in [-0.2, -0.15) is 0 Å². The Hall–Kier alpha value is -1.57. The molecule has 1 heterocycles. The Bertz CT molecular complexity index is 561. The highest BCUT2D eigenvalue weighted by Crippen LogP contribution is 2.23. The molecular formula is C14H15BrFN3O2. The molecule has 0 saturated carbocycles. The van der Waals surface area contributed by atoms with E-state index in [1.807, 2.05) is 0 Å². The van der Waals surface area contributed by atoms with E-state index in [1.54, 1.807) is 25.6 Å². The minimum absolute atomic E-state index is 0.174. The first kappa shape index (κ1) is 15.8. The van der Waals surface area contributed by atoms with Gasteiger partial charge in [0.25, 0.3) is 0 Å². The van der Waals surface area contributed by atoms with Crippen LogP contribution < -0.4 is 10.1 Å². The predicted octanol–water partition coefficient (Wildman–Crippen LogP) is 2.91. The number of benzene rings is 1.